The minimum absolute atomic E-state index is 0.0851. The summed E-state index contributed by atoms with van der Waals surface area (Å²) in [5.74, 6) is 3.20. The molecule has 5 aliphatic rings. The number of hydrogen-bond acceptors (Lipinski definition) is 2. The van der Waals surface area contributed by atoms with E-state index in [2.05, 4.69) is 27.7 Å². The highest BCUT2D eigenvalue weighted by atomic mass is 16.4. The Labute approximate surface area is 195 Å². The third-order valence-corrected chi connectivity index (χ3v) is 12.4. The Kier molecular flexibility index (Phi) is 5.26. The Balaban J connectivity index is 1.32. The van der Waals surface area contributed by atoms with E-state index in [0.29, 0.717) is 27.7 Å². The van der Waals surface area contributed by atoms with Gasteiger partial charge in [0.15, 0.2) is 0 Å². The van der Waals surface area contributed by atoms with Crippen LogP contribution in [0.2, 0.25) is 0 Å². The van der Waals surface area contributed by atoms with Crippen molar-refractivity contribution in [1.29, 1.82) is 0 Å². The Hall–Kier alpha value is -0.830. The van der Waals surface area contributed by atoms with Gasteiger partial charge in [0.2, 0.25) is 0 Å². The summed E-state index contributed by atoms with van der Waals surface area (Å²) in [4.78, 5) is 11.1. The molecule has 0 saturated heterocycles. The molecule has 0 radical (unpaired) electrons. The maximum atomic E-state index is 11.1. The van der Waals surface area contributed by atoms with Crippen LogP contribution in [-0.4, -0.2) is 22.3 Å². The zero-order chi connectivity index (χ0) is 23.1. The van der Waals surface area contributed by atoms with Crippen molar-refractivity contribution >= 4 is 5.97 Å². The molecule has 5 rings (SSSR count). The summed E-state index contributed by atoms with van der Waals surface area (Å²) >= 11 is 0. The van der Waals surface area contributed by atoms with E-state index >= 15 is 0 Å². The summed E-state index contributed by atoms with van der Waals surface area (Å²) in [6.45, 7) is 11.5. The highest BCUT2D eigenvalue weighted by Gasteiger charge is 2.80. The number of carbonyl (C=O) groups is 1. The van der Waals surface area contributed by atoms with Gasteiger partial charge in [0, 0.05) is 5.57 Å². The van der Waals surface area contributed by atoms with Crippen LogP contribution in [0.15, 0.2) is 11.6 Å². The Morgan fingerprint density at radius 3 is 2.44 bits per heavy atom. The lowest BCUT2D eigenvalue weighted by Crippen LogP contribution is -2.54. The number of aliphatic carboxylic acids is 1. The Bertz CT molecular complexity index is 813. The fourth-order valence-electron chi connectivity index (χ4n) is 10.7. The number of aliphatic hydroxyl groups is 1. The number of rotatable bonds is 5. The molecule has 0 aliphatic heterocycles. The molecule has 0 bridgehead atoms. The predicted molar refractivity (Wildman–Crippen MR) is 128 cm³/mol. The second-order valence-corrected chi connectivity index (χ2v) is 13.6. The van der Waals surface area contributed by atoms with Crippen LogP contribution in [0.4, 0.5) is 0 Å². The summed E-state index contributed by atoms with van der Waals surface area (Å²) in [7, 11) is 0. The largest absolute Gasteiger partial charge is 0.478 e. The second-order valence-electron chi connectivity index (χ2n) is 13.6. The predicted octanol–water partition coefficient (Wildman–Crippen LogP) is 6.84. The summed E-state index contributed by atoms with van der Waals surface area (Å²) in [6, 6.07) is 0. The summed E-state index contributed by atoms with van der Waals surface area (Å²) in [5.41, 5.74) is 2.19. The van der Waals surface area contributed by atoms with Crippen molar-refractivity contribution in [1.82, 2.24) is 0 Å². The number of carboxylic acids is 1. The van der Waals surface area contributed by atoms with E-state index in [-0.39, 0.29) is 11.5 Å². The van der Waals surface area contributed by atoms with Crippen molar-refractivity contribution in [2.75, 3.05) is 0 Å². The van der Waals surface area contributed by atoms with Crippen molar-refractivity contribution in [3.05, 3.63) is 11.6 Å². The quantitative estimate of drug-likeness (QED) is 0.458. The van der Waals surface area contributed by atoms with Gasteiger partial charge in [-0.05, 0) is 129 Å². The fraction of sp³-hybridized carbons (Fsp3) is 0.897. The van der Waals surface area contributed by atoms with Crippen LogP contribution in [0.1, 0.15) is 105 Å². The highest BCUT2D eigenvalue weighted by Crippen LogP contribution is 2.87. The molecule has 0 aromatic carbocycles. The first kappa shape index (κ1) is 22.9. The van der Waals surface area contributed by atoms with E-state index in [4.69, 9.17) is 5.11 Å². The summed E-state index contributed by atoms with van der Waals surface area (Å²) in [6.07, 6.45) is 15.9. The maximum absolute atomic E-state index is 11.1. The van der Waals surface area contributed by atoms with Crippen molar-refractivity contribution < 1.29 is 15.0 Å². The molecule has 5 unspecified atom stereocenters. The first-order valence-electron chi connectivity index (χ1n) is 13.6. The van der Waals surface area contributed by atoms with E-state index in [9.17, 15) is 9.90 Å². The molecule has 5 saturated carbocycles. The fourth-order valence-corrected chi connectivity index (χ4v) is 10.7. The van der Waals surface area contributed by atoms with E-state index in [1.807, 2.05) is 6.08 Å². The molecule has 180 valence electrons. The minimum Gasteiger partial charge on any atom is -0.478 e. The number of hydrogen-bond donors (Lipinski definition) is 2. The van der Waals surface area contributed by atoms with Crippen molar-refractivity contribution in [2.24, 2.45) is 51.2 Å². The molecular formula is C29H46O3. The van der Waals surface area contributed by atoms with Gasteiger partial charge in [-0.15, -0.1) is 0 Å². The highest BCUT2D eigenvalue weighted by molar-refractivity contribution is 5.85. The van der Waals surface area contributed by atoms with Gasteiger partial charge >= 0.3 is 5.97 Å². The van der Waals surface area contributed by atoms with Crippen molar-refractivity contribution in [2.45, 2.75) is 111 Å². The lowest BCUT2D eigenvalue weighted by Gasteiger charge is -2.59. The van der Waals surface area contributed by atoms with Crippen LogP contribution in [0.3, 0.4) is 0 Å². The molecule has 2 N–H and O–H groups in total. The van der Waals surface area contributed by atoms with Crippen LogP contribution in [-0.2, 0) is 4.79 Å². The summed E-state index contributed by atoms with van der Waals surface area (Å²) in [5, 5.41) is 19.9. The van der Waals surface area contributed by atoms with Crippen LogP contribution in [0.25, 0.3) is 0 Å². The third-order valence-electron chi connectivity index (χ3n) is 12.4. The zero-order valence-corrected chi connectivity index (χ0v) is 21.1. The number of fused-ring (bicyclic) bond motifs is 2. The minimum atomic E-state index is -0.782. The number of carboxylic acid groups (broad SMARTS) is 1. The average molecular weight is 443 g/mol. The van der Waals surface area contributed by atoms with Crippen LogP contribution < -0.4 is 0 Å². The van der Waals surface area contributed by atoms with Crippen LogP contribution in [0, 0.1) is 51.2 Å². The molecule has 0 amide bonds. The van der Waals surface area contributed by atoms with E-state index in [0.717, 1.165) is 42.9 Å². The normalized spacial score (nSPS) is 49.9. The van der Waals surface area contributed by atoms with E-state index in [1.54, 1.807) is 6.92 Å². The SMILES string of the molecule is C/C(=C/CCC(C)C1CCC2C3CCC4C(C)(C)[C@H](O)CC[C@@]45C[C@@]35CC[C@]12C)C(=O)O. The summed E-state index contributed by atoms with van der Waals surface area (Å²) < 4.78 is 0. The van der Waals surface area contributed by atoms with Gasteiger partial charge in [0.05, 0.1) is 6.10 Å². The smallest absolute Gasteiger partial charge is 0.330 e. The lowest BCUT2D eigenvalue weighted by molar-refractivity contribution is -0.133. The third kappa shape index (κ3) is 2.91. The van der Waals surface area contributed by atoms with Gasteiger partial charge in [0.25, 0.3) is 0 Å². The molecule has 5 fully saturated rings. The topological polar surface area (TPSA) is 57.5 Å². The first-order valence-corrected chi connectivity index (χ1v) is 13.6. The van der Waals surface area contributed by atoms with Gasteiger partial charge in [-0.2, -0.15) is 0 Å². The molecule has 0 heterocycles. The van der Waals surface area contributed by atoms with Gasteiger partial charge in [-0.25, -0.2) is 4.79 Å². The molecule has 2 spiro atoms. The number of aliphatic hydroxyl groups excluding tert-OH is 1. The van der Waals surface area contributed by atoms with Crippen LogP contribution >= 0.6 is 0 Å². The van der Waals surface area contributed by atoms with Crippen LogP contribution in [0.5, 0.6) is 0 Å². The average Bonchev–Trinajstić information content (AvgIpc) is 3.27. The molecule has 5 aliphatic carbocycles. The van der Waals surface area contributed by atoms with E-state index in [1.165, 1.54) is 51.4 Å². The molecule has 3 heteroatoms. The Morgan fingerprint density at radius 1 is 1.00 bits per heavy atom. The maximum Gasteiger partial charge on any atom is 0.330 e. The molecule has 9 atom stereocenters. The lowest BCUT2D eigenvalue weighted by atomic mass is 9.46. The molecule has 32 heavy (non-hydrogen) atoms. The van der Waals surface area contributed by atoms with Crippen molar-refractivity contribution in [3.63, 3.8) is 0 Å². The van der Waals surface area contributed by atoms with Gasteiger partial charge in [-0.1, -0.05) is 33.8 Å². The molecule has 3 nitrogen and oxygen atoms in total. The second kappa shape index (κ2) is 7.33. The zero-order valence-electron chi connectivity index (χ0n) is 21.1. The first-order chi connectivity index (χ1) is 15.0. The molecule has 0 aromatic rings. The molecule has 0 aromatic heterocycles. The molecular weight excluding hydrogens is 396 g/mol. The van der Waals surface area contributed by atoms with Gasteiger partial charge in [-0.3, -0.25) is 0 Å². The van der Waals surface area contributed by atoms with E-state index < -0.39 is 5.97 Å². The number of allylic oxidation sites excluding steroid dienone is 1. The Morgan fingerprint density at radius 2 is 1.72 bits per heavy atom. The van der Waals surface area contributed by atoms with Crippen molar-refractivity contribution in [3.8, 4) is 0 Å². The van der Waals surface area contributed by atoms with Gasteiger partial charge in [0.1, 0.15) is 0 Å². The standard InChI is InChI=1S/C29H46O3/c1-18(7-6-8-19(2)25(31)32)20-9-10-21-22-11-12-23-26(3,4)24(30)13-14-29(23)17-28(22,29)16-15-27(20,21)5/h8,18,20-24,30H,6-7,9-17H2,1-5H3,(H,31,32)/b19-8-/t18?,20?,21?,22?,23?,24-,27-,28+,29-/m1/s1. The van der Waals surface area contributed by atoms with Gasteiger partial charge < -0.3 is 10.2 Å². The monoisotopic (exact) mass is 442 g/mol.